The first-order valence-electron chi connectivity index (χ1n) is 7.05. The Kier molecular flexibility index (Phi) is 4.99. The zero-order valence-electron chi connectivity index (χ0n) is 11.6. The predicted octanol–water partition coefficient (Wildman–Crippen LogP) is 2.41. The molecule has 1 aromatic carbocycles. The highest BCUT2D eigenvalue weighted by atomic mass is 32.2. The summed E-state index contributed by atoms with van der Waals surface area (Å²) in [7, 11) is -3.06. The first-order valence-corrected chi connectivity index (χ1v) is 8.94. The van der Waals surface area contributed by atoms with Gasteiger partial charge in [0, 0.05) is 6.26 Å². The molecule has 1 heterocycles. The summed E-state index contributed by atoms with van der Waals surface area (Å²) in [5, 5.41) is 3.39. The molecule has 1 saturated heterocycles. The quantitative estimate of drug-likeness (QED) is 0.901. The average Bonchev–Trinajstić information content (AvgIpc) is 2.39. The van der Waals surface area contributed by atoms with Gasteiger partial charge in [0.15, 0.2) is 9.84 Å². The third-order valence-corrected chi connectivity index (χ3v) is 5.02. The highest BCUT2D eigenvalue weighted by Gasteiger charge is 2.12. The Labute approximate surface area is 116 Å². The Hall–Kier alpha value is -0.870. The van der Waals surface area contributed by atoms with Crippen LogP contribution < -0.4 is 5.32 Å². The minimum absolute atomic E-state index is 0.412. The van der Waals surface area contributed by atoms with E-state index in [-0.39, 0.29) is 0 Å². The number of piperidine rings is 1. The maximum Gasteiger partial charge on any atom is 0.175 e. The van der Waals surface area contributed by atoms with Crippen LogP contribution in [0.2, 0.25) is 0 Å². The van der Waals surface area contributed by atoms with Gasteiger partial charge in [-0.3, -0.25) is 0 Å². The summed E-state index contributed by atoms with van der Waals surface area (Å²) < 4.78 is 22.7. The smallest absolute Gasteiger partial charge is 0.175 e. The molecule has 0 bridgehead atoms. The number of hydrogen-bond acceptors (Lipinski definition) is 3. The van der Waals surface area contributed by atoms with Gasteiger partial charge in [-0.1, -0.05) is 18.6 Å². The number of hydrogen-bond donors (Lipinski definition) is 1. The Bertz CT molecular complexity index is 487. The topological polar surface area (TPSA) is 46.2 Å². The zero-order valence-corrected chi connectivity index (χ0v) is 12.4. The molecule has 0 spiro atoms. The highest BCUT2D eigenvalue weighted by molar-refractivity contribution is 7.90. The first-order chi connectivity index (χ1) is 9.05. The molecule has 2 rings (SSSR count). The van der Waals surface area contributed by atoms with E-state index in [0.29, 0.717) is 4.90 Å². The van der Waals surface area contributed by atoms with E-state index in [0.717, 1.165) is 25.4 Å². The van der Waals surface area contributed by atoms with Gasteiger partial charge < -0.3 is 5.32 Å². The van der Waals surface area contributed by atoms with Crippen molar-refractivity contribution in [3.8, 4) is 0 Å². The van der Waals surface area contributed by atoms with E-state index in [4.69, 9.17) is 0 Å². The number of sulfone groups is 1. The minimum atomic E-state index is -3.06. The van der Waals surface area contributed by atoms with E-state index in [9.17, 15) is 8.42 Å². The molecule has 0 saturated carbocycles. The molecule has 0 radical (unpaired) electrons. The van der Waals surface area contributed by atoms with E-state index >= 15 is 0 Å². The van der Waals surface area contributed by atoms with E-state index in [1.165, 1.54) is 37.5 Å². The van der Waals surface area contributed by atoms with Crippen molar-refractivity contribution in [3.63, 3.8) is 0 Å². The van der Waals surface area contributed by atoms with E-state index in [1.54, 1.807) is 12.1 Å². The first kappa shape index (κ1) is 14.5. The number of rotatable bonds is 5. The van der Waals surface area contributed by atoms with Gasteiger partial charge in [0.1, 0.15) is 0 Å². The van der Waals surface area contributed by atoms with Gasteiger partial charge in [0.2, 0.25) is 0 Å². The molecule has 4 heteroatoms. The van der Waals surface area contributed by atoms with Crippen LogP contribution in [0.15, 0.2) is 29.2 Å². The summed E-state index contributed by atoms with van der Waals surface area (Å²) in [5.74, 6) is 0.872. The molecule has 0 atom stereocenters. The van der Waals surface area contributed by atoms with Crippen LogP contribution in [0.5, 0.6) is 0 Å². The summed E-state index contributed by atoms with van der Waals surface area (Å²) in [6.45, 7) is 2.32. The standard InChI is InChI=1S/C15H23NO2S/c1-19(17,18)15-7-5-13(6-8-15)3-2-4-14-9-11-16-12-10-14/h5-8,14,16H,2-4,9-12H2,1H3. The molecule has 1 aromatic rings. The van der Waals surface area contributed by atoms with Crippen molar-refractivity contribution in [3.05, 3.63) is 29.8 Å². The lowest BCUT2D eigenvalue weighted by molar-refractivity contribution is 0.347. The fourth-order valence-electron chi connectivity index (χ4n) is 2.67. The van der Waals surface area contributed by atoms with Crippen molar-refractivity contribution in [1.82, 2.24) is 5.32 Å². The fraction of sp³-hybridized carbons (Fsp3) is 0.600. The van der Waals surface area contributed by atoms with Gasteiger partial charge >= 0.3 is 0 Å². The molecular formula is C15H23NO2S. The van der Waals surface area contributed by atoms with Crippen LogP contribution in [0.25, 0.3) is 0 Å². The lowest BCUT2D eigenvalue weighted by Gasteiger charge is -2.22. The monoisotopic (exact) mass is 281 g/mol. The van der Waals surface area contributed by atoms with Crippen LogP contribution >= 0.6 is 0 Å². The van der Waals surface area contributed by atoms with Gasteiger partial charge in [-0.05, 0) is 62.4 Å². The Balaban J connectivity index is 1.80. The Morgan fingerprint density at radius 1 is 1.16 bits per heavy atom. The van der Waals surface area contributed by atoms with Crippen molar-refractivity contribution in [2.45, 2.75) is 37.0 Å². The van der Waals surface area contributed by atoms with Gasteiger partial charge in [-0.2, -0.15) is 0 Å². The number of benzene rings is 1. The van der Waals surface area contributed by atoms with Crippen molar-refractivity contribution >= 4 is 9.84 Å². The lowest BCUT2D eigenvalue weighted by Crippen LogP contribution is -2.27. The summed E-state index contributed by atoms with van der Waals surface area (Å²) in [6, 6.07) is 7.32. The van der Waals surface area contributed by atoms with Gasteiger partial charge in [0.25, 0.3) is 0 Å². The summed E-state index contributed by atoms with van der Waals surface area (Å²) >= 11 is 0. The predicted molar refractivity (Wildman–Crippen MR) is 78.1 cm³/mol. The van der Waals surface area contributed by atoms with Crippen molar-refractivity contribution in [2.75, 3.05) is 19.3 Å². The number of nitrogens with one attached hydrogen (secondary N) is 1. The molecular weight excluding hydrogens is 258 g/mol. The fourth-order valence-corrected chi connectivity index (χ4v) is 3.30. The third kappa shape index (κ3) is 4.62. The van der Waals surface area contributed by atoms with E-state index in [1.807, 2.05) is 12.1 Å². The third-order valence-electron chi connectivity index (χ3n) is 3.89. The SMILES string of the molecule is CS(=O)(=O)c1ccc(CCCC2CCNCC2)cc1. The van der Waals surface area contributed by atoms with Crippen LogP contribution in [0.4, 0.5) is 0 Å². The van der Waals surface area contributed by atoms with Crippen LogP contribution in [0.1, 0.15) is 31.2 Å². The average molecular weight is 281 g/mol. The molecule has 1 fully saturated rings. The molecule has 0 aliphatic carbocycles. The Morgan fingerprint density at radius 2 is 1.79 bits per heavy atom. The second-order valence-electron chi connectivity index (χ2n) is 5.50. The van der Waals surface area contributed by atoms with Gasteiger partial charge in [-0.25, -0.2) is 8.42 Å². The van der Waals surface area contributed by atoms with Gasteiger partial charge in [-0.15, -0.1) is 0 Å². The molecule has 0 amide bonds. The number of aryl methyl sites for hydroxylation is 1. The maximum absolute atomic E-state index is 11.4. The van der Waals surface area contributed by atoms with E-state index < -0.39 is 9.84 Å². The van der Waals surface area contributed by atoms with Crippen LogP contribution in [0.3, 0.4) is 0 Å². The van der Waals surface area contributed by atoms with Gasteiger partial charge in [0.05, 0.1) is 4.90 Å². The molecule has 0 unspecified atom stereocenters. The van der Waals surface area contributed by atoms with Crippen molar-refractivity contribution in [2.24, 2.45) is 5.92 Å². The molecule has 1 aliphatic rings. The molecule has 1 aliphatic heterocycles. The summed E-state index contributed by atoms with van der Waals surface area (Å²) in [6.07, 6.45) is 7.38. The normalized spacial score (nSPS) is 17.5. The second kappa shape index (κ2) is 6.53. The summed E-state index contributed by atoms with van der Waals surface area (Å²) in [4.78, 5) is 0.412. The lowest BCUT2D eigenvalue weighted by atomic mass is 9.92. The molecule has 0 aromatic heterocycles. The van der Waals surface area contributed by atoms with Crippen molar-refractivity contribution < 1.29 is 8.42 Å². The Morgan fingerprint density at radius 3 is 2.37 bits per heavy atom. The second-order valence-corrected chi connectivity index (χ2v) is 7.52. The maximum atomic E-state index is 11.4. The highest BCUT2D eigenvalue weighted by Crippen LogP contribution is 2.19. The van der Waals surface area contributed by atoms with E-state index in [2.05, 4.69) is 5.32 Å². The molecule has 19 heavy (non-hydrogen) atoms. The summed E-state index contributed by atoms with van der Waals surface area (Å²) in [5.41, 5.74) is 1.24. The van der Waals surface area contributed by atoms with Crippen LogP contribution in [-0.4, -0.2) is 27.8 Å². The van der Waals surface area contributed by atoms with Crippen molar-refractivity contribution in [1.29, 1.82) is 0 Å². The zero-order chi connectivity index (χ0) is 13.7. The molecule has 3 nitrogen and oxygen atoms in total. The molecule has 1 N–H and O–H groups in total. The molecule has 106 valence electrons. The van der Waals surface area contributed by atoms with Crippen LogP contribution in [-0.2, 0) is 16.3 Å². The largest absolute Gasteiger partial charge is 0.317 e. The van der Waals surface area contributed by atoms with Crippen LogP contribution in [0, 0.1) is 5.92 Å². The minimum Gasteiger partial charge on any atom is -0.317 e.